The van der Waals surface area contributed by atoms with E-state index in [0.29, 0.717) is 0 Å². The van der Waals surface area contributed by atoms with E-state index in [9.17, 15) is 27.9 Å². The predicted molar refractivity (Wildman–Crippen MR) is 121 cm³/mol. The second-order valence-electron chi connectivity index (χ2n) is 8.10. The first-order valence-electron chi connectivity index (χ1n) is 10.8. The fourth-order valence-electron chi connectivity index (χ4n) is 4.32. The van der Waals surface area contributed by atoms with Crippen LogP contribution in [0.15, 0.2) is 66.7 Å². The number of nitrogens with one attached hydrogen (secondary N) is 1. The third-order valence-electron chi connectivity index (χ3n) is 5.94. The van der Waals surface area contributed by atoms with Crippen molar-refractivity contribution in [2.75, 3.05) is 13.7 Å². The van der Waals surface area contributed by atoms with Crippen LogP contribution in [0.5, 0.6) is 5.75 Å². The summed E-state index contributed by atoms with van der Waals surface area (Å²) in [7, 11) is 1.11. The lowest BCUT2D eigenvalue weighted by molar-refractivity contribution is -0.139. The first kappa shape index (κ1) is 24.1. The van der Waals surface area contributed by atoms with E-state index in [1.807, 2.05) is 48.5 Å². The Hall–Kier alpha value is -4.01. The van der Waals surface area contributed by atoms with E-state index >= 15 is 0 Å². The molecule has 1 unspecified atom stereocenters. The lowest BCUT2D eigenvalue weighted by atomic mass is 9.98. The van der Waals surface area contributed by atoms with Crippen LogP contribution >= 0.6 is 0 Å². The van der Waals surface area contributed by atoms with E-state index in [-0.39, 0.29) is 30.3 Å². The molecule has 0 aliphatic heterocycles. The van der Waals surface area contributed by atoms with Crippen molar-refractivity contribution in [1.82, 2.24) is 5.32 Å². The molecule has 9 heteroatoms. The Morgan fingerprint density at radius 3 is 2.14 bits per heavy atom. The van der Waals surface area contributed by atoms with E-state index in [0.717, 1.165) is 41.5 Å². The molecule has 1 aliphatic rings. The zero-order valence-corrected chi connectivity index (χ0v) is 18.6. The van der Waals surface area contributed by atoms with Crippen LogP contribution in [-0.4, -0.2) is 36.9 Å². The molecule has 182 valence electrons. The molecule has 1 aliphatic carbocycles. The number of benzene rings is 3. The standard InChI is InChI=1S/C26H22F3NO5/c1-34-23-11-10-15(12-21(23)26(27,28)29)13-22(24(31)32)30-25(33)35-14-20-18-8-4-2-6-16(18)17-7-3-5-9-19(17)20/h2-12,20,22H,13-14H2,1H3,(H,30,33)(H,31,32). The van der Waals surface area contributed by atoms with Crippen LogP contribution in [0.25, 0.3) is 11.1 Å². The number of methoxy groups -OCH3 is 1. The van der Waals surface area contributed by atoms with Crippen LogP contribution in [0.2, 0.25) is 0 Å². The average molecular weight is 485 g/mol. The minimum atomic E-state index is -4.68. The Balaban J connectivity index is 1.45. The molecule has 1 atom stereocenters. The Morgan fingerprint density at radius 1 is 1.00 bits per heavy atom. The number of fused-ring (bicyclic) bond motifs is 3. The highest BCUT2D eigenvalue weighted by Gasteiger charge is 2.35. The Bertz CT molecular complexity index is 1210. The second-order valence-corrected chi connectivity index (χ2v) is 8.10. The summed E-state index contributed by atoms with van der Waals surface area (Å²) >= 11 is 0. The Kier molecular flexibility index (Phi) is 6.68. The van der Waals surface area contributed by atoms with Gasteiger partial charge in [-0.1, -0.05) is 54.6 Å². The molecule has 3 aromatic carbocycles. The number of hydrogen-bond acceptors (Lipinski definition) is 4. The topological polar surface area (TPSA) is 84.9 Å². The molecule has 4 rings (SSSR count). The van der Waals surface area contributed by atoms with Gasteiger partial charge >= 0.3 is 18.2 Å². The van der Waals surface area contributed by atoms with Crippen molar-refractivity contribution < 1.29 is 37.3 Å². The van der Waals surface area contributed by atoms with Crippen LogP contribution in [0.3, 0.4) is 0 Å². The maximum absolute atomic E-state index is 13.3. The van der Waals surface area contributed by atoms with Crippen molar-refractivity contribution in [1.29, 1.82) is 0 Å². The number of alkyl halides is 3. The molecular weight excluding hydrogens is 463 g/mol. The molecule has 2 N–H and O–H groups in total. The molecule has 3 aromatic rings. The summed E-state index contributed by atoms with van der Waals surface area (Å²) in [6, 6.07) is 17.3. The van der Waals surface area contributed by atoms with Gasteiger partial charge in [0.2, 0.25) is 0 Å². The van der Waals surface area contributed by atoms with Crippen molar-refractivity contribution in [3.05, 3.63) is 89.0 Å². The van der Waals surface area contributed by atoms with Crippen molar-refractivity contribution in [2.45, 2.75) is 24.6 Å². The number of alkyl carbamates (subject to hydrolysis) is 1. The molecule has 0 spiro atoms. The number of rotatable bonds is 7. The number of carboxylic acids is 1. The van der Waals surface area contributed by atoms with E-state index in [1.54, 1.807) is 0 Å². The highest BCUT2D eigenvalue weighted by Crippen LogP contribution is 2.44. The SMILES string of the molecule is COc1ccc(CC(NC(=O)OCC2c3ccccc3-c3ccccc32)C(=O)O)cc1C(F)(F)F. The minimum absolute atomic E-state index is 0.0209. The van der Waals surface area contributed by atoms with Gasteiger partial charge in [-0.25, -0.2) is 9.59 Å². The fourth-order valence-corrected chi connectivity index (χ4v) is 4.32. The normalized spacial score (nSPS) is 13.5. The number of amides is 1. The van der Waals surface area contributed by atoms with E-state index in [4.69, 9.17) is 9.47 Å². The van der Waals surface area contributed by atoms with Crippen molar-refractivity contribution in [3.8, 4) is 16.9 Å². The summed E-state index contributed by atoms with van der Waals surface area (Å²) in [5.74, 6) is -1.99. The number of carbonyl (C=O) groups is 2. The number of aliphatic carboxylic acids is 1. The lowest BCUT2D eigenvalue weighted by Crippen LogP contribution is -2.43. The largest absolute Gasteiger partial charge is 0.496 e. The summed E-state index contributed by atoms with van der Waals surface area (Å²) in [6.45, 7) is -0.0209. The summed E-state index contributed by atoms with van der Waals surface area (Å²) in [4.78, 5) is 24.2. The maximum atomic E-state index is 13.3. The van der Waals surface area contributed by atoms with E-state index in [1.165, 1.54) is 6.07 Å². The van der Waals surface area contributed by atoms with Gasteiger partial charge in [-0.05, 0) is 39.9 Å². The average Bonchev–Trinajstić information content (AvgIpc) is 3.15. The summed E-state index contributed by atoms with van der Waals surface area (Å²) in [5, 5.41) is 11.8. The molecule has 0 aromatic heterocycles. The van der Waals surface area contributed by atoms with Gasteiger partial charge in [0, 0.05) is 12.3 Å². The monoisotopic (exact) mass is 485 g/mol. The van der Waals surface area contributed by atoms with Crippen LogP contribution < -0.4 is 10.1 Å². The smallest absolute Gasteiger partial charge is 0.419 e. The number of carboxylic acid groups (broad SMARTS) is 1. The van der Waals surface area contributed by atoms with Crippen LogP contribution in [-0.2, 0) is 22.1 Å². The van der Waals surface area contributed by atoms with E-state index < -0.39 is 29.8 Å². The number of hydrogen-bond donors (Lipinski definition) is 2. The number of carbonyl (C=O) groups excluding carboxylic acids is 1. The Labute approximate surface area is 199 Å². The second kappa shape index (κ2) is 9.69. The van der Waals surface area contributed by atoms with Gasteiger partial charge < -0.3 is 19.9 Å². The van der Waals surface area contributed by atoms with Crippen LogP contribution in [0.1, 0.15) is 28.2 Å². The summed E-state index contributed by atoms with van der Waals surface area (Å²) in [5.41, 5.74) is 3.12. The quantitative estimate of drug-likeness (QED) is 0.478. The van der Waals surface area contributed by atoms with Crippen molar-refractivity contribution >= 4 is 12.1 Å². The molecule has 0 radical (unpaired) electrons. The Morgan fingerprint density at radius 2 is 1.60 bits per heavy atom. The molecule has 35 heavy (non-hydrogen) atoms. The zero-order chi connectivity index (χ0) is 25.2. The number of ether oxygens (including phenoxy) is 2. The van der Waals surface area contributed by atoms with Crippen LogP contribution in [0.4, 0.5) is 18.0 Å². The fraction of sp³-hybridized carbons (Fsp3) is 0.231. The summed E-state index contributed by atoms with van der Waals surface area (Å²) < 4.78 is 50.0. The molecule has 0 bridgehead atoms. The highest BCUT2D eigenvalue weighted by atomic mass is 19.4. The molecule has 6 nitrogen and oxygen atoms in total. The third kappa shape index (κ3) is 5.08. The molecule has 1 amide bonds. The highest BCUT2D eigenvalue weighted by molar-refractivity contribution is 5.81. The molecule has 0 saturated carbocycles. The zero-order valence-electron chi connectivity index (χ0n) is 18.6. The van der Waals surface area contributed by atoms with Gasteiger partial charge in [-0.2, -0.15) is 13.2 Å². The van der Waals surface area contributed by atoms with Gasteiger partial charge in [0.15, 0.2) is 0 Å². The van der Waals surface area contributed by atoms with Crippen molar-refractivity contribution in [2.24, 2.45) is 0 Å². The maximum Gasteiger partial charge on any atom is 0.419 e. The van der Waals surface area contributed by atoms with Gasteiger partial charge in [-0.15, -0.1) is 0 Å². The van der Waals surface area contributed by atoms with Gasteiger partial charge in [0.1, 0.15) is 18.4 Å². The summed E-state index contributed by atoms with van der Waals surface area (Å²) in [6.07, 6.45) is -6.02. The van der Waals surface area contributed by atoms with E-state index in [2.05, 4.69) is 5.32 Å². The molecule has 0 heterocycles. The first-order chi connectivity index (χ1) is 16.7. The molecule has 0 saturated heterocycles. The van der Waals surface area contributed by atoms with Gasteiger partial charge in [0.05, 0.1) is 12.7 Å². The molecule has 0 fully saturated rings. The van der Waals surface area contributed by atoms with Gasteiger partial charge in [-0.3, -0.25) is 0 Å². The predicted octanol–water partition coefficient (Wildman–Crippen LogP) is 5.25. The first-order valence-corrected chi connectivity index (χ1v) is 10.8. The molecular formula is C26H22F3NO5. The third-order valence-corrected chi connectivity index (χ3v) is 5.94. The van der Waals surface area contributed by atoms with Gasteiger partial charge in [0.25, 0.3) is 0 Å². The lowest BCUT2D eigenvalue weighted by Gasteiger charge is -2.18. The van der Waals surface area contributed by atoms with Crippen LogP contribution in [0, 0.1) is 0 Å². The number of halogens is 3. The minimum Gasteiger partial charge on any atom is -0.496 e. The van der Waals surface area contributed by atoms with Crippen molar-refractivity contribution in [3.63, 3.8) is 0 Å².